The van der Waals surface area contributed by atoms with E-state index in [9.17, 15) is 9.18 Å². The summed E-state index contributed by atoms with van der Waals surface area (Å²) in [6, 6.07) is 4.68. The van der Waals surface area contributed by atoms with E-state index >= 15 is 0 Å². The molecule has 1 aromatic carbocycles. The van der Waals surface area contributed by atoms with Crippen LogP contribution in [0.3, 0.4) is 0 Å². The lowest BCUT2D eigenvalue weighted by molar-refractivity contribution is 0.102. The van der Waals surface area contributed by atoms with Gasteiger partial charge < -0.3 is 10.2 Å². The van der Waals surface area contributed by atoms with E-state index in [0.29, 0.717) is 16.9 Å². The summed E-state index contributed by atoms with van der Waals surface area (Å²) >= 11 is 0. The third kappa shape index (κ3) is 3.21. The van der Waals surface area contributed by atoms with Crippen LogP contribution in [0.5, 0.6) is 0 Å². The predicted octanol–water partition coefficient (Wildman–Crippen LogP) is 2.97. The molecule has 2 heterocycles. The SMILES string of the molecule is CCc1nn(C)cc1NC(=O)c1ccc(N2CCCC2)c(F)c1. The van der Waals surface area contributed by atoms with E-state index in [-0.39, 0.29) is 11.7 Å². The normalized spacial score (nSPS) is 14.3. The number of carbonyl (C=O) groups excluding carboxylic acids is 1. The number of hydrogen-bond acceptors (Lipinski definition) is 3. The molecule has 5 nitrogen and oxygen atoms in total. The second-order valence-electron chi connectivity index (χ2n) is 5.83. The maximum Gasteiger partial charge on any atom is 0.255 e. The van der Waals surface area contributed by atoms with Gasteiger partial charge in [0.2, 0.25) is 0 Å². The number of aryl methyl sites for hydroxylation is 2. The molecule has 1 fully saturated rings. The topological polar surface area (TPSA) is 50.2 Å². The Balaban J connectivity index is 1.78. The van der Waals surface area contributed by atoms with Crippen molar-refractivity contribution in [1.82, 2.24) is 9.78 Å². The smallest absolute Gasteiger partial charge is 0.255 e. The van der Waals surface area contributed by atoms with Gasteiger partial charge in [0.15, 0.2) is 0 Å². The Hall–Kier alpha value is -2.37. The highest BCUT2D eigenvalue weighted by atomic mass is 19.1. The van der Waals surface area contributed by atoms with E-state index in [1.807, 2.05) is 11.8 Å². The van der Waals surface area contributed by atoms with Crippen molar-refractivity contribution in [2.24, 2.45) is 7.05 Å². The van der Waals surface area contributed by atoms with Crippen molar-refractivity contribution in [3.8, 4) is 0 Å². The number of carbonyl (C=O) groups is 1. The average molecular weight is 316 g/mol. The first-order valence-corrected chi connectivity index (χ1v) is 7.97. The van der Waals surface area contributed by atoms with Gasteiger partial charge in [-0.25, -0.2) is 4.39 Å². The Kier molecular flexibility index (Phi) is 4.32. The van der Waals surface area contributed by atoms with E-state index in [1.165, 1.54) is 6.07 Å². The third-order valence-corrected chi connectivity index (χ3v) is 4.14. The van der Waals surface area contributed by atoms with Gasteiger partial charge in [-0.1, -0.05) is 6.92 Å². The summed E-state index contributed by atoms with van der Waals surface area (Å²) in [6.07, 6.45) is 4.65. The molecule has 0 atom stereocenters. The third-order valence-electron chi connectivity index (χ3n) is 4.14. The average Bonchev–Trinajstić information content (AvgIpc) is 3.16. The summed E-state index contributed by atoms with van der Waals surface area (Å²) in [6.45, 7) is 3.72. The van der Waals surface area contributed by atoms with E-state index in [2.05, 4.69) is 10.4 Å². The van der Waals surface area contributed by atoms with E-state index in [4.69, 9.17) is 0 Å². The maximum atomic E-state index is 14.3. The highest BCUT2D eigenvalue weighted by Gasteiger charge is 2.18. The number of rotatable bonds is 4. The first-order valence-electron chi connectivity index (χ1n) is 7.97. The van der Waals surface area contributed by atoms with Crippen LogP contribution in [-0.4, -0.2) is 28.8 Å². The fourth-order valence-corrected chi connectivity index (χ4v) is 2.96. The molecule has 1 amide bonds. The number of aromatic nitrogens is 2. The van der Waals surface area contributed by atoms with Crippen LogP contribution in [0.15, 0.2) is 24.4 Å². The zero-order valence-corrected chi connectivity index (χ0v) is 13.5. The Morgan fingerprint density at radius 2 is 2.09 bits per heavy atom. The molecule has 122 valence electrons. The first-order chi connectivity index (χ1) is 11.1. The molecule has 0 aliphatic carbocycles. The van der Waals surface area contributed by atoms with Crippen LogP contribution < -0.4 is 10.2 Å². The summed E-state index contributed by atoms with van der Waals surface area (Å²) in [5, 5.41) is 7.09. The molecule has 0 saturated carbocycles. The molecule has 1 aliphatic rings. The molecule has 0 spiro atoms. The zero-order valence-electron chi connectivity index (χ0n) is 13.5. The van der Waals surface area contributed by atoms with Crippen LogP contribution in [0.4, 0.5) is 15.8 Å². The number of hydrogen-bond donors (Lipinski definition) is 1. The predicted molar refractivity (Wildman–Crippen MR) is 88.4 cm³/mol. The molecular weight excluding hydrogens is 295 g/mol. The van der Waals surface area contributed by atoms with Crippen LogP contribution in [0.25, 0.3) is 0 Å². The lowest BCUT2D eigenvalue weighted by atomic mass is 10.1. The number of halogens is 1. The van der Waals surface area contributed by atoms with Gasteiger partial charge in [0.25, 0.3) is 5.91 Å². The standard InChI is InChI=1S/C17H21FN4O/c1-3-14-15(11-21(2)20-14)19-17(23)12-6-7-16(13(18)10-12)22-8-4-5-9-22/h6-7,10-11H,3-5,8-9H2,1-2H3,(H,19,23). The lowest BCUT2D eigenvalue weighted by Gasteiger charge is -2.18. The van der Waals surface area contributed by atoms with Crippen LogP contribution in [0.2, 0.25) is 0 Å². The minimum atomic E-state index is -0.346. The van der Waals surface area contributed by atoms with E-state index < -0.39 is 0 Å². The first kappa shape index (κ1) is 15.5. The molecule has 3 rings (SSSR count). The number of amides is 1. The second kappa shape index (κ2) is 6.40. The molecule has 1 aromatic heterocycles. The Morgan fingerprint density at radius 1 is 1.35 bits per heavy atom. The fourth-order valence-electron chi connectivity index (χ4n) is 2.96. The lowest BCUT2D eigenvalue weighted by Crippen LogP contribution is -2.20. The van der Waals surface area contributed by atoms with Crippen molar-refractivity contribution in [2.45, 2.75) is 26.2 Å². The number of nitrogens with zero attached hydrogens (tertiary/aromatic N) is 3. The maximum absolute atomic E-state index is 14.3. The summed E-state index contributed by atoms with van der Waals surface area (Å²) < 4.78 is 16.0. The van der Waals surface area contributed by atoms with Gasteiger partial charge in [-0.2, -0.15) is 5.10 Å². The Labute approximate surface area is 135 Å². The number of anilines is 2. The molecule has 0 bridgehead atoms. The minimum Gasteiger partial charge on any atom is -0.369 e. The molecule has 0 unspecified atom stereocenters. The van der Waals surface area contributed by atoms with Gasteiger partial charge in [0.05, 0.1) is 17.1 Å². The Bertz CT molecular complexity index is 719. The van der Waals surface area contributed by atoms with Crippen LogP contribution in [0.1, 0.15) is 35.8 Å². The molecule has 23 heavy (non-hydrogen) atoms. The highest BCUT2D eigenvalue weighted by Crippen LogP contribution is 2.25. The molecule has 1 N–H and O–H groups in total. The van der Waals surface area contributed by atoms with Crippen molar-refractivity contribution >= 4 is 17.3 Å². The van der Waals surface area contributed by atoms with Crippen LogP contribution >= 0.6 is 0 Å². The summed E-state index contributed by atoms with van der Waals surface area (Å²) in [5.74, 6) is -0.666. The zero-order chi connectivity index (χ0) is 16.4. The highest BCUT2D eigenvalue weighted by molar-refractivity contribution is 6.04. The van der Waals surface area contributed by atoms with Crippen molar-refractivity contribution in [3.05, 3.63) is 41.5 Å². The minimum absolute atomic E-state index is 0.316. The van der Waals surface area contributed by atoms with Crippen molar-refractivity contribution < 1.29 is 9.18 Å². The fraction of sp³-hybridized carbons (Fsp3) is 0.412. The molecule has 6 heteroatoms. The summed E-state index contributed by atoms with van der Waals surface area (Å²) in [5.41, 5.74) is 2.38. The summed E-state index contributed by atoms with van der Waals surface area (Å²) in [7, 11) is 1.80. The molecule has 1 saturated heterocycles. The van der Waals surface area contributed by atoms with Gasteiger partial charge in [-0.15, -0.1) is 0 Å². The largest absolute Gasteiger partial charge is 0.369 e. The number of benzene rings is 1. The van der Waals surface area contributed by atoms with Crippen LogP contribution in [-0.2, 0) is 13.5 Å². The van der Waals surface area contributed by atoms with E-state index in [1.54, 1.807) is 30.1 Å². The van der Waals surface area contributed by atoms with Crippen molar-refractivity contribution in [1.29, 1.82) is 0 Å². The van der Waals surface area contributed by atoms with Crippen molar-refractivity contribution in [2.75, 3.05) is 23.3 Å². The molecule has 1 aliphatic heterocycles. The van der Waals surface area contributed by atoms with E-state index in [0.717, 1.165) is 38.0 Å². The van der Waals surface area contributed by atoms with Gasteiger partial charge in [-0.3, -0.25) is 9.48 Å². The number of nitrogens with one attached hydrogen (secondary N) is 1. The van der Waals surface area contributed by atoms with Gasteiger partial charge >= 0.3 is 0 Å². The quantitative estimate of drug-likeness (QED) is 0.943. The molecule has 0 radical (unpaired) electrons. The van der Waals surface area contributed by atoms with Crippen LogP contribution in [0, 0.1) is 5.82 Å². The van der Waals surface area contributed by atoms with Gasteiger partial charge in [-0.05, 0) is 37.5 Å². The summed E-state index contributed by atoms with van der Waals surface area (Å²) in [4.78, 5) is 14.4. The van der Waals surface area contributed by atoms with Gasteiger partial charge in [0, 0.05) is 31.9 Å². The molecule has 2 aromatic rings. The monoisotopic (exact) mass is 316 g/mol. The van der Waals surface area contributed by atoms with Crippen molar-refractivity contribution in [3.63, 3.8) is 0 Å². The second-order valence-corrected chi connectivity index (χ2v) is 5.83. The Morgan fingerprint density at radius 3 is 2.74 bits per heavy atom. The molecular formula is C17H21FN4O. The van der Waals surface area contributed by atoms with Gasteiger partial charge in [0.1, 0.15) is 5.82 Å².